The predicted molar refractivity (Wildman–Crippen MR) is 79.2 cm³/mol. The second kappa shape index (κ2) is 5.87. The fourth-order valence-electron chi connectivity index (χ4n) is 2.02. The average Bonchev–Trinajstić information content (AvgIpc) is 2.40. The number of hydrogen-bond donors (Lipinski definition) is 0. The highest BCUT2D eigenvalue weighted by Crippen LogP contribution is 2.26. The van der Waals surface area contributed by atoms with E-state index in [2.05, 4.69) is 12.5 Å². The van der Waals surface area contributed by atoms with Gasteiger partial charge >= 0.3 is 0 Å². The lowest BCUT2D eigenvalue weighted by Gasteiger charge is -2.13. The molecule has 1 unspecified atom stereocenters. The molecule has 0 saturated carbocycles. The zero-order chi connectivity index (χ0) is 13.0. The Kier molecular flexibility index (Phi) is 4.21. The molecule has 0 bridgehead atoms. The van der Waals surface area contributed by atoms with Crippen molar-refractivity contribution in [3.8, 4) is 0 Å². The highest BCUT2D eigenvalue weighted by molar-refractivity contribution is 7.96. The fourth-order valence-corrected chi connectivity index (χ4v) is 3.28. The smallest absolute Gasteiger partial charge is 0.219 e. The Morgan fingerprint density at radius 1 is 0.889 bits per heavy atom. The van der Waals surface area contributed by atoms with Crippen molar-refractivity contribution in [2.45, 2.75) is 5.25 Å². The summed E-state index contributed by atoms with van der Waals surface area (Å²) in [4.78, 5) is 12.6. The summed E-state index contributed by atoms with van der Waals surface area (Å²) in [5.74, 6) is 0.218. The minimum atomic E-state index is -0.0337. The molecule has 0 radical (unpaired) electrons. The van der Waals surface area contributed by atoms with Gasteiger partial charge in [0.1, 0.15) is 0 Å². The summed E-state index contributed by atoms with van der Waals surface area (Å²) >= 11 is 0. The van der Waals surface area contributed by atoms with Gasteiger partial charge < -0.3 is 0 Å². The monoisotopic (exact) mass is 257 g/mol. The van der Waals surface area contributed by atoms with Crippen LogP contribution in [0.2, 0.25) is 0 Å². The lowest BCUT2D eigenvalue weighted by Crippen LogP contribution is -2.20. The first kappa shape index (κ1) is 12.9. The predicted octanol–water partition coefficient (Wildman–Crippen LogP) is 3.49. The zero-order valence-electron chi connectivity index (χ0n) is 10.7. The van der Waals surface area contributed by atoms with Gasteiger partial charge in [-0.2, -0.15) is 0 Å². The Morgan fingerprint density at radius 3 is 1.89 bits per heavy atom. The largest absolute Gasteiger partial charge is 0.288 e. The first-order valence-corrected chi connectivity index (χ1v) is 8.01. The number of Topliss-reactive ketones (excluding diaryl/α,β-unsaturated/α-hetero) is 1. The van der Waals surface area contributed by atoms with E-state index < -0.39 is 0 Å². The molecule has 0 saturated heterocycles. The van der Waals surface area contributed by atoms with E-state index in [-0.39, 0.29) is 21.9 Å². The van der Waals surface area contributed by atoms with E-state index in [4.69, 9.17) is 0 Å². The summed E-state index contributed by atoms with van der Waals surface area (Å²) in [6.07, 6.45) is 4.25. The highest BCUT2D eigenvalue weighted by Gasteiger charge is 2.32. The summed E-state index contributed by atoms with van der Waals surface area (Å²) < 4.78 is 0. The molecule has 2 rings (SSSR count). The van der Waals surface area contributed by atoms with Crippen molar-refractivity contribution in [3.05, 3.63) is 71.8 Å². The summed E-state index contributed by atoms with van der Waals surface area (Å²) in [5.41, 5.74) is 1.91. The molecule has 0 N–H and O–H groups in total. The van der Waals surface area contributed by atoms with Crippen molar-refractivity contribution in [2.24, 2.45) is 0 Å². The van der Waals surface area contributed by atoms with Crippen LogP contribution < -0.4 is 0 Å². The van der Waals surface area contributed by atoms with Gasteiger partial charge in [0.05, 0.1) is 12.5 Å². The highest BCUT2D eigenvalue weighted by atomic mass is 32.2. The van der Waals surface area contributed by atoms with Crippen LogP contribution in [0.3, 0.4) is 0 Å². The van der Waals surface area contributed by atoms with Crippen molar-refractivity contribution in [1.29, 1.82) is 0 Å². The van der Waals surface area contributed by atoms with E-state index >= 15 is 0 Å². The Hall–Kier alpha value is -1.54. The molecule has 0 spiro atoms. The summed E-state index contributed by atoms with van der Waals surface area (Å²) in [5, 5.41) is -0.0337. The third-order valence-electron chi connectivity index (χ3n) is 2.87. The molecule has 1 atom stereocenters. The van der Waals surface area contributed by atoms with E-state index in [0.717, 1.165) is 11.1 Å². The Morgan fingerprint density at radius 2 is 1.39 bits per heavy atom. The Labute approximate surface area is 111 Å². The lowest BCUT2D eigenvalue weighted by molar-refractivity contribution is 0.0989. The third kappa shape index (κ3) is 2.82. The molecule has 18 heavy (non-hydrogen) atoms. The standard InChI is InChI=1S/C16H17OS/c1-18(2)16(14-11-7-4-8-12-14)15(17)13-9-5-3-6-10-13/h3-12,16H,1-2H3/q+1. The zero-order valence-corrected chi connectivity index (χ0v) is 11.5. The molecule has 0 heterocycles. The van der Waals surface area contributed by atoms with Crippen LogP contribution in [0.15, 0.2) is 60.7 Å². The van der Waals surface area contributed by atoms with Gasteiger partial charge in [-0.05, 0) is 10.9 Å². The molecule has 2 heteroatoms. The number of rotatable bonds is 4. The van der Waals surface area contributed by atoms with Gasteiger partial charge in [-0.3, -0.25) is 4.79 Å². The average molecular weight is 257 g/mol. The van der Waals surface area contributed by atoms with E-state index in [0.29, 0.717) is 0 Å². The molecule has 0 aliphatic carbocycles. The van der Waals surface area contributed by atoms with Gasteiger partial charge in [0, 0.05) is 11.1 Å². The van der Waals surface area contributed by atoms with Crippen LogP contribution in [0.5, 0.6) is 0 Å². The van der Waals surface area contributed by atoms with E-state index in [1.807, 2.05) is 60.7 Å². The molecule has 0 fully saturated rings. The molecule has 0 aliphatic heterocycles. The molecular formula is C16H17OS+. The third-order valence-corrected chi connectivity index (χ3v) is 4.30. The minimum absolute atomic E-state index is 0.0155. The first-order chi connectivity index (χ1) is 8.70. The van der Waals surface area contributed by atoms with Crippen LogP contribution in [-0.4, -0.2) is 18.3 Å². The molecule has 0 amide bonds. The van der Waals surface area contributed by atoms with Gasteiger partial charge in [0.15, 0.2) is 0 Å². The minimum Gasteiger partial charge on any atom is -0.288 e. The molecule has 0 aromatic heterocycles. The van der Waals surface area contributed by atoms with Crippen LogP contribution >= 0.6 is 0 Å². The molecule has 92 valence electrons. The van der Waals surface area contributed by atoms with Crippen LogP contribution in [0, 0.1) is 0 Å². The number of ketones is 1. The molecule has 1 nitrogen and oxygen atoms in total. The van der Waals surface area contributed by atoms with E-state index in [1.54, 1.807) is 0 Å². The maximum Gasteiger partial charge on any atom is 0.219 e. The van der Waals surface area contributed by atoms with Crippen molar-refractivity contribution < 1.29 is 4.79 Å². The number of carbonyl (C=O) groups is 1. The SMILES string of the molecule is C[S+](C)C(C(=O)c1ccccc1)c1ccccc1. The van der Waals surface area contributed by atoms with E-state index in [1.165, 1.54) is 0 Å². The van der Waals surface area contributed by atoms with E-state index in [9.17, 15) is 4.79 Å². The molecule has 0 aliphatic rings. The molecule has 2 aromatic carbocycles. The second-order valence-corrected chi connectivity index (χ2v) is 6.63. The summed E-state index contributed by atoms with van der Waals surface area (Å²) in [6, 6.07) is 19.6. The van der Waals surface area contributed by atoms with Crippen LogP contribution in [0.4, 0.5) is 0 Å². The Balaban J connectivity index is 2.35. The number of benzene rings is 2. The number of carbonyl (C=O) groups excluding carboxylic acids is 1. The quantitative estimate of drug-likeness (QED) is 0.605. The second-order valence-electron chi connectivity index (χ2n) is 4.40. The van der Waals surface area contributed by atoms with Crippen LogP contribution in [-0.2, 0) is 10.9 Å². The van der Waals surface area contributed by atoms with Gasteiger partial charge in [0.2, 0.25) is 11.0 Å². The summed E-state index contributed by atoms with van der Waals surface area (Å²) in [7, 11) is 0.0155. The number of hydrogen-bond acceptors (Lipinski definition) is 1. The maximum atomic E-state index is 12.6. The van der Waals surface area contributed by atoms with Crippen molar-refractivity contribution in [1.82, 2.24) is 0 Å². The fraction of sp³-hybridized carbons (Fsp3) is 0.188. The van der Waals surface area contributed by atoms with Gasteiger partial charge in [-0.1, -0.05) is 60.7 Å². The molecular weight excluding hydrogens is 240 g/mol. The van der Waals surface area contributed by atoms with Gasteiger partial charge in [-0.15, -0.1) is 0 Å². The normalized spacial score (nSPS) is 12.4. The maximum absolute atomic E-state index is 12.6. The van der Waals surface area contributed by atoms with Crippen molar-refractivity contribution in [2.75, 3.05) is 12.5 Å². The Bertz CT molecular complexity index is 505. The van der Waals surface area contributed by atoms with Gasteiger partial charge in [0.25, 0.3) is 0 Å². The van der Waals surface area contributed by atoms with Crippen LogP contribution in [0.1, 0.15) is 21.2 Å². The lowest BCUT2D eigenvalue weighted by atomic mass is 10.0. The van der Waals surface area contributed by atoms with Crippen molar-refractivity contribution >= 4 is 16.7 Å². The summed E-state index contributed by atoms with van der Waals surface area (Å²) in [6.45, 7) is 0. The molecule has 2 aromatic rings. The van der Waals surface area contributed by atoms with Crippen molar-refractivity contribution in [3.63, 3.8) is 0 Å². The van der Waals surface area contributed by atoms with Gasteiger partial charge in [-0.25, -0.2) is 0 Å². The first-order valence-electron chi connectivity index (χ1n) is 5.91. The topological polar surface area (TPSA) is 17.1 Å². The van der Waals surface area contributed by atoms with Crippen LogP contribution in [0.25, 0.3) is 0 Å².